The van der Waals surface area contributed by atoms with Crippen molar-refractivity contribution in [3.05, 3.63) is 24.0 Å². The van der Waals surface area contributed by atoms with Gasteiger partial charge in [-0.15, -0.1) is 0 Å². The lowest BCUT2D eigenvalue weighted by Gasteiger charge is -2.34. The minimum Gasteiger partial charge on any atom is -0.347 e. The zero-order valence-electron chi connectivity index (χ0n) is 9.82. The van der Waals surface area contributed by atoms with Crippen LogP contribution in [0.4, 0.5) is 0 Å². The van der Waals surface area contributed by atoms with Crippen LogP contribution in [0.2, 0.25) is 0 Å². The molecule has 1 aromatic rings. The third-order valence-electron chi connectivity index (χ3n) is 2.88. The Balaban J connectivity index is 2.92. The second-order valence-electron chi connectivity index (χ2n) is 4.39. The molecule has 0 saturated heterocycles. The first kappa shape index (κ1) is 11.8. The summed E-state index contributed by atoms with van der Waals surface area (Å²) >= 11 is 0. The van der Waals surface area contributed by atoms with Gasteiger partial charge in [0.1, 0.15) is 5.69 Å². The SMILES string of the molecule is CN(C(=O)c1cccn1C)C(C)(C)CN. The highest BCUT2D eigenvalue weighted by atomic mass is 16.2. The summed E-state index contributed by atoms with van der Waals surface area (Å²) in [4.78, 5) is 13.8. The van der Waals surface area contributed by atoms with Crippen LogP contribution in [0.5, 0.6) is 0 Å². The Bertz CT molecular complexity index is 354. The van der Waals surface area contributed by atoms with Crippen molar-refractivity contribution in [1.82, 2.24) is 9.47 Å². The van der Waals surface area contributed by atoms with Gasteiger partial charge in [0.2, 0.25) is 0 Å². The molecule has 0 unspecified atom stereocenters. The molecule has 0 saturated carbocycles. The van der Waals surface area contributed by atoms with Gasteiger partial charge in [0, 0.05) is 32.4 Å². The van der Waals surface area contributed by atoms with Gasteiger partial charge in [-0.3, -0.25) is 4.79 Å². The highest BCUT2D eigenvalue weighted by Crippen LogP contribution is 2.14. The first-order chi connectivity index (χ1) is 6.90. The number of aromatic nitrogens is 1. The third kappa shape index (κ3) is 2.21. The molecule has 4 heteroatoms. The molecule has 0 aliphatic carbocycles. The molecule has 2 N–H and O–H groups in total. The second kappa shape index (κ2) is 4.06. The van der Waals surface area contributed by atoms with E-state index in [1.54, 1.807) is 11.9 Å². The van der Waals surface area contributed by atoms with Gasteiger partial charge >= 0.3 is 0 Å². The second-order valence-corrected chi connectivity index (χ2v) is 4.39. The normalized spacial score (nSPS) is 11.5. The van der Waals surface area contributed by atoms with E-state index in [2.05, 4.69) is 0 Å². The highest BCUT2D eigenvalue weighted by molar-refractivity contribution is 5.93. The molecule has 84 valence electrons. The monoisotopic (exact) mass is 209 g/mol. The summed E-state index contributed by atoms with van der Waals surface area (Å²) in [6, 6.07) is 3.67. The maximum absolute atomic E-state index is 12.1. The van der Waals surface area contributed by atoms with Crippen LogP contribution in [0, 0.1) is 0 Å². The van der Waals surface area contributed by atoms with Crippen molar-refractivity contribution in [2.75, 3.05) is 13.6 Å². The lowest BCUT2D eigenvalue weighted by molar-refractivity contribution is 0.0630. The molecule has 4 nitrogen and oxygen atoms in total. The Morgan fingerprint density at radius 3 is 2.60 bits per heavy atom. The molecule has 1 amide bonds. The van der Waals surface area contributed by atoms with E-state index in [1.807, 2.05) is 43.8 Å². The summed E-state index contributed by atoms with van der Waals surface area (Å²) in [6.45, 7) is 4.35. The van der Waals surface area contributed by atoms with Crippen molar-refractivity contribution in [1.29, 1.82) is 0 Å². The summed E-state index contributed by atoms with van der Waals surface area (Å²) in [6.07, 6.45) is 1.86. The number of carbonyl (C=O) groups is 1. The smallest absolute Gasteiger partial charge is 0.270 e. The van der Waals surface area contributed by atoms with Gasteiger partial charge in [-0.25, -0.2) is 0 Å². The Hall–Kier alpha value is -1.29. The average molecular weight is 209 g/mol. The first-order valence-corrected chi connectivity index (χ1v) is 4.99. The molecule has 0 spiro atoms. The predicted octanol–water partition coefficient (Wildman–Crippen LogP) is 0.834. The Morgan fingerprint density at radius 1 is 1.60 bits per heavy atom. The number of nitrogens with two attached hydrogens (primary N) is 1. The fraction of sp³-hybridized carbons (Fsp3) is 0.545. The molecule has 15 heavy (non-hydrogen) atoms. The fourth-order valence-electron chi connectivity index (χ4n) is 1.27. The van der Waals surface area contributed by atoms with E-state index < -0.39 is 0 Å². The number of rotatable bonds is 3. The molecular formula is C11H19N3O. The van der Waals surface area contributed by atoms with E-state index in [9.17, 15) is 4.79 Å². The average Bonchev–Trinajstić information content (AvgIpc) is 2.62. The Labute approximate surface area is 90.7 Å². The van der Waals surface area contributed by atoms with Crippen molar-refractivity contribution in [2.45, 2.75) is 19.4 Å². The number of likely N-dealkylation sites (N-methyl/N-ethyl adjacent to an activating group) is 1. The number of amides is 1. The molecule has 0 aromatic carbocycles. The molecule has 0 aliphatic heterocycles. The zero-order chi connectivity index (χ0) is 11.6. The Kier molecular flexibility index (Phi) is 3.19. The summed E-state index contributed by atoms with van der Waals surface area (Å²) in [7, 11) is 3.64. The maximum Gasteiger partial charge on any atom is 0.270 e. The number of aryl methyl sites for hydroxylation is 1. The molecule has 0 atom stereocenters. The fourth-order valence-corrected chi connectivity index (χ4v) is 1.27. The molecular weight excluding hydrogens is 190 g/mol. The molecule has 1 heterocycles. The van der Waals surface area contributed by atoms with Crippen LogP contribution in [-0.4, -0.2) is 34.5 Å². The van der Waals surface area contributed by atoms with Crippen LogP contribution in [0.1, 0.15) is 24.3 Å². The van der Waals surface area contributed by atoms with Crippen LogP contribution >= 0.6 is 0 Å². The molecule has 1 rings (SSSR count). The lowest BCUT2D eigenvalue weighted by Crippen LogP contribution is -2.50. The van der Waals surface area contributed by atoms with Gasteiger partial charge in [-0.1, -0.05) is 0 Å². The van der Waals surface area contributed by atoms with Gasteiger partial charge < -0.3 is 15.2 Å². The largest absolute Gasteiger partial charge is 0.347 e. The molecule has 0 aliphatic rings. The van der Waals surface area contributed by atoms with E-state index in [-0.39, 0.29) is 11.4 Å². The van der Waals surface area contributed by atoms with Crippen molar-refractivity contribution < 1.29 is 4.79 Å². The molecule has 0 bridgehead atoms. The minimum absolute atomic E-state index is 0.00190. The molecule has 0 radical (unpaired) electrons. The standard InChI is InChI=1S/C11H19N3O/c1-11(2,8-12)14(4)10(15)9-6-5-7-13(9)3/h5-7H,8,12H2,1-4H3. The maximum atomic E-state index is 12.1. The Morgan fingerprint density at radius 2 is 2.20 bits per heavy atom. The van der Waals surface area contributed by atoms with Gasteiger partial charge in [0.05, 0.1) is 0 Å². The summed E-state index contributed by atoms with van der Waals surface area (Å²) in [5, 5.41) is 0. The molecule has 1 aromatic heterocycles. The first-order valence-electron chi connectivity index (χ1n) is 4.99. The lowest BCUT2D eigenvalue weighted by atomic mass is 10.0. The van der Waals surface area contributed by atoms with Crippen LogP contribution in [0.25, 0.3) is 0 Å². The van der Waals surface area contributed by atoms with Crippen molar-refractivity contribution in [3.63, 3.8) is 0 Å². The number of carbonyl (C=O) groups excluding carboxylic acids is 1. The zero-order valence-corrected chi connectivity index (χ0v) is 9.82. The predicted molar refractivity (Wildman–Crippen MR) is 60.6 cm³/mol. The van der Waals surface area contributed by atoms with Crippen molar-refractivity contribution in [3.8, 4) is 0 Å². The van der Waals surface area contributed by atoms with E-state index in [0.717, 1.165) is 0 Å². The van der Waals surface area contributed by atoms with Gasteiger partial charge in [0.25, 0.3) is 5.91 Å². The molecule has 0 fully saturated rings. The number of hydrogen-bond acceptors (Lipinski definition) is 2. The van der Waals surface area contributed by atoms with Crippen LogP contribution in [-0.2, 0) is 7.05 Å². The topological polar surface area (TPSA) is 51.3 Å². The summed E-state index contributed by atoms with van der Waals surface area (Å²) in [5.41, 5.74) is 6.00. The van der Waals surface area contributed by atoms with Gasteiger partial charge in [-0.2, -0.15) is 0 Å². The minimum atomic E-state index is -0.318. The van der Waals surface area contributed by atoms with Crippen molar-refractivity contribution in [2.24, 2.45) is 12.8 Å². The number of hydrogen-bond donors (Lipinski definition) is 1. The van der Waals surface area contributed by atoms with E-state index in [0.29, 0.717) is 12.2 Å². The summed E-state index contributed by atoms with van der Waals surface area (Å²) < 4.78 is 1.81. The van der Waals surface area contributed by atoms with Crippen LogP contribution in [0.3, 0.4) is 0 Å². The third-order valence-corrected chi connectivity index (χ3v) is 2.88. The van der Waals surface area contributed by atoms with Gasteiger partial charge in [0.15, 0.2) is 0 Å². The van der Waals surface area contributed by atoms with E-state index in [1.165, 1.54) is 0 Å². The van der Waals surface area contributed by atoms with E-state index >= 15 is 0 Å². The van der Waals surface area contributed by atoms with Crippen molar-refractivity contribution >= 4 is 5.91 Å². The quantitative estimate of drug-likeness (QED) is 0.801. The highest BCUT2D eigenvalue weighted by Gasteiger charge is 2.27. The van der Waals surface area contributed by atoms with Gasteiger partial charge in [-0.05, 0) is 26.0 Å². The van der Waals surface area contributed by atoms with Crippen LogP contribution in [0.15, 0.2) is 18.3 Å². The van der Waals surface area contributed by atoms with E-state index in [4.69, 9.17) is 5.73 Å². The van der Waals surface area contributed by atoms with Crippen LogP contribution < -0.4 is 5.73 Å². The number of nitrogens with zero attached hydrogens (tertiary/aromatic N) is 2. The summed E-state index contributed by atoms with van der Waals surface area (Å²) in [5.74, 6) is -0.00190.